The van der Waals surface area contributed by atoms with Crippen LogP contribution in [0.15, 0.2) is 24.3 Å². The van der Waals surface area contributed by atoms with Crippen LogP contribution in [0.25, 0.3) is 6.08 Å². The summed E-state index contributed by atoms with van der Waals surface area (Å²) >= 11 is 5.63. The minimum Gasteiger partial charge on any atom is -0.481 e. The molecule has 1 N–H and O–H groups in total. The van der Waals surface area contributed by atoms with Gasteiger partial charge in [-0.25, -0.2) is 4.39 Å². The molecule has 0 spiro atoms. The van der Waals surface area contributed by atoms with Gasteiger partial charge in [-0.2, -0.15) is 0 Å². The van der Waals surface area contributed by atoms with Gasteiger partial charge in [-0.05, 0) is 30.7 Å². The van der Waals surface area contributed by atoms with Crippen molar-refractivity contribution < 1.29 is 19.1 Å². The minimum atomic E-state index is -0.953. The van der Waals surface area contributed by atoms with Gasteiger partial charge in [0, 0.05) is 19.2 Å². The second-order valence-corrected chi connectivity index (χ2v) is 4.48. The van der Waals surface area contributed by atoms with Crippen molar-refractivity contribution in [2.75, 3.05) is 13.1 Å². The summed E-state index contributed by atoms with van der Waals surface area (Å²) in [5.41, 5.74) is 0.596. The van der Waals surface area contributed by atoms with Gasteiger partial charge >= 0.3 is 5.97 Å². The number of hydrogen-bond donors (Lipinski definition) is 1. The monoisotopic (exact) mass is 299 g/mol. The average Bonchev–Trinajstić information content (AvgIpc) is 2.40. The van der Waals surface area contributed by atoms with Crippen molar-refractivity contribution in [2.45, 2.75) is 13.3 Å². The van der Waals surface area contributed by atoms with Gasteiger partial charge in [-0.15, -0.1) is 0 Å². The van der Waals surface area contributed by atoms with E-state index in [1.807, 2.05) is 0 Å². The van der Waals surface area contributed by atoms with Gasteiger partial charge in [0.05, 0.1) is 11.4 Å². The highest BCUT2D eigenvalue weighted by Gasteiger charge is 2.10. The normalized spacial score (nSPS) is 10.8. The van der Waals surface area contributed by atoms with Crippen LogP contribution in [0.3, 0.4) is 0 Å². The first-order valence-corrected chi connectivity index (χ1v) is 6.45. The fourth-order valence-electron chi connectivity index (χ4n) is 1.54. The molecule has 0 atom stereocenters. The molecular weight excluding hydrogens is 285 g/mol. The molecule has 6 heteroatoms. The lowest BCUT2D eigenvalue weighted by Crippen LogP contribution is -2.31. The number of hydrogen-bond acceptors (Lipinski definition) is 2. The third-order valence-electron chi connectivity index (χ3n) is 2.65. The number of amides is 1. The van der Waals surface area contributed by atoms with Crippen LogP contribution in [0.1, 0.15) is 18.9 Å². The predicted octanol–water partition coefficient (Wildman–Crippen LogP) is 2.82. The van der Waals surface area contributed by atoms with Gasteiger partial charge in [0.25, 0.3) is 0 Å². The molecule has 0 aliphatic carbocycles. The van der Waals surface area contributed by atoms with Crippen LogP contribution >= 0.6 is 11.6 Å². The summed E-state index contributed by atoms with van der Waals surface area (Å²) < 4.78 is 13.0. The molecule has 0 aliphatic heterocycles. The van der Waals surface area contributed by atoms with Crippen molar-refractivity contribution >= 4 is 29.6 Å². The minimum absolute atomic E-state index is 0.0159. The molecule has 20 heavy (non-hydrogen) atoms. The largest absolute Gasteiger partial charge is 0.481 e. The van der Waals surface area contributed by atoms with Gasteiger partial charge in [-0.3, -0.25) is 9.59 Å². The summed E-state index contributed by atoms with van der Waals surface area (Å²) in [4.78, 5) is 23.7. The van der Waals surface area contributed by atoms with Crippen molar-refractivity contribution in [1.29, 1.82) is 0 Å². The SMILES string of the molecule is CCN(CCC(=O)O)C(=O)/C=C/c1ccc(F)c(Cl)c1. The Kier molecular flexibility index (Phi) is 6.18. The Hall–Kier alpha value is -1.88. The Morgan fingerprint density at radius 3 is 2.70 bits per heavy atom. The van der Waals surface area contributed by atoms with Crippen LogP contribution in [-0.4, -0.2) is 35.0 Å². The van der Waals surface area contributed by atoms with Crippen molar-refractivity contribution in [1.82, 2.24) is 4.90 Å². The highest BCUT2D eigenvalue weighted by Crippen LogP contribution is 2.16. The summed E-state index contributed by atoms with van der Waals surface area (Å²) in [5, 5.41) is 8.58. The molecule has 0 aliphatic rings. The summed E-state index contributed by atoms with van der Waals surface area (Å²) in [6.45, 7) is 2.34. The van der Waals surface area contributed by atoms with Crippen LogP contribution in [0.4, 0.5) is 4.39 Å². The van der Waals surface area contributed by atoms with Gasteiger partial charge in [-0.1, -0.05) is 17.7 Å². The van der Waals surface area contributed by atoms with Gasteiger partial charge in [0.15, 0.2) is 0 Å². The van der Waals surface area contributed by atoms with Gasteiger partial charge in [0.1, 0.15) is 5.82 Å². The molecule has 1 aromatic rings. The van der Waals surface area contributed by atoms with E-state index < -0.39 is 11.8 Å². The number of rotatable bonds is 6. The third-order valence-corrected chi connectivity index (χ3v) is 2.94. The molecular formula is C14H15ClFNO3. The van der Waals surface area contributed by atoms with E-state index in [9.17, 15) is 14.0 Å². The van der Waals surface area contributed by atoms with Crippen LogP contribution in [0.2, 0.25) is 5.02 Å². The molecule has 1 rings (SSSR count). The van der Waals surface area contributed by atoms with E-state index >= 15 is 0 Å². The first-order valence-electron chi connectivity index (χ1n) is 6.08. The Balaban J connectivity index is 2.69. The molecule has 0 bridgehead atoms. The van der Waals surface area contributed by atoms with Crippen molar-refractivity contribution in [3.63, 3.8) is 0 Å². The first-order chi connectivity index (χ1) is 9.43. The molecule has 0 heterocycles. The Morgan fingerprint density at radius 1 is 1.45 bits per heavy atom. The molecule has 0 saturated heterocycles. The smallest absolute Gasteiger partial charge is 0.305 e. The second-order valence-electron chi connectivity index (χ2n) is 4.07. The van der Waals surface area contributed by atoms with E-state index in [1.54, 1.807) is 6.92 Å². The Bertz CT molecular complexity index is 531. The first kappa shape index (κ1) is 16.2. The fraction of sp³-hybridized carbons (Fsp3) is 0.286. The van der Waals surface area contributed by atoms with Crippen LogP contribution < -0.4 is 0 Å². The lowest BCUT2D eigenvalue weighted by molar-refractivity contribution is -0.137. The van der Waals surface area contributed by atoms with Crippen LogP contribution in [0.5, 0.6) is 0 Å². The maximum absolute atomic E-state index is 13.0. The van der Waals surface area contributed by atoms with Gasteiger partial charge in [0.2, 0.25) is 5.91 Å². The molecule has 1 aromatic carbocycles. The summed E-state index contributed by atoms with van der Waals surface area (Å²) in [5.74, 6) is -1.77. The maximum atomic E-state index is 13.0. The lowest BCUT2D eigenvalue weighted by atomic mass is 10.2. The van der Waals surface area contributed by atoms with E-state index in [0.29, 0.717) is 12.1 Å². The van der Waals surface area contributed by atoms with E-state index in [-0.39, 0.29) is 23.9 Å². The zero-order valence-electron chi connectivity index (χ0n) is 11.0. The number of carboxylic acid groups (broad SMARTS) is 1. The molecule has 0 fully saturated rings. The molecule has 1 amide bonds. The van der Waals surface area contributed by atoms with E-state index in [2.05, 4.69) is 0 Å². The van der Waals surface area contributed by atoms with Gasteiger partial charge < -0.3 is 10.0 Å². The number of carbonyl (C=O) groups is 2. The zero-order valence-corrected chi connectivity index (χ0v) is 11.7. The predicted molar refractivity (Wildman–Crippen MR) is 75.0 cm³/mol. The number of benzene rings is 1. The Morgan fingerprint density at radius 2 is 2.15 bits per heavy atom. The zero-order chi connectivity index (χ0) is 15.1. The second kappa shape index (κ2) is 7.65. The molecule has 0 aromatic heterocycles. The third kappa shape index (κ3) is 5.01. The average molecular weight is 300 g/mol. The fourth-order valence-corrected chi connectivity index (χ4v) is 1.73. The van der Waals surface area contributed by atoms with E-state index in [1.165, 1.54) is 35.3 Å². The number of carboxylic acids is 1. The van der Waals surface area contributed by atoms with E-state index in [0.717, 1.165) is 0 Å². The highest BCUT2D eigenvalue weighted by atomic mass is 35.5. The summed E-state index contributed by atoms with van der Waals surface area (Å²) in [7, 11) is 0. The number of likely N-dealkylation sites (N-methyl/N-ethyl adjacent to an activating group) is 1. The van der Waals surface area contributed by atoms with Crippen LogP contribution in [-0.2, 0) is 9.59 Å². The van der Waals surface area contributed by atoms with Crippen molar-refractivity contribution in [3.8, 4) is 0 Å². The highest BCUT2D eigenvalue weighted by molar-refractivity contribution is 6.30. The molecule has 0 unspecified atom stereocenters. The quantitative estimate of drug-likeness (QED) is 0.822. The molecule has 4 nitrogen and oxygen atoms in total. The molecule has 0 radical (unpaired) electrons. The maximum Gasteiger partial charge on any atom is 0.305 e. The summed E-state index contributed by atoms with van der Waals surface area (Å²) in [6.07, 6.45) is 2.72. The lowest BCUT2D eigenvalue weighted by Gasteiger charge is -2.17. The number of aliphatic carboxylic acids is 1. The number of halogens is 2. The summed E-state index contributed by atoms with van der Waals surface area (Å²) in [6, 6.07) is 4.13. The van der Waals surface area contributed by atoms with E-state index in [4.69, 9.17) is 16.7 Å². The van der Waals surface area contributed by atoms with Crippen LogP contribution in [0, 0.1) is 5.82 Å². The number of carbonyl (C=O) groups excluding carboxylic acids is 1. The molecule has 0 saturated carbocycles. The number of nitrogens with zero attached hydrogens (tertiary/aromatic N) is 1. The Labute approximate surface area is 121 Å². The standard InChI is InChI=1S/C14H15ClFNO3/c1-2-17(8-7-14(19)20)13(18)6-4-10-3-5-12(16)11(15)9-10/h3-6,9H,2,7-8H2,1H3,(H,19,20)/b6-4+. The topological polar surface area (TPSA) is 57.6 Å². The van der Waals surface area contributed by atoms with Crippen molar-refractivity contribution in [2.24, 2.45) is 0 Å². The molecule has 108 valence electrons. The van der Waals surface area contributed by atoms with Crippen molar-refractivity contribution in [3.05, 3.63) is 40.7 Å².